The van der Waals surface area contributed by atoms with Crippen LogP contribution in [0.15, 0.2) is 18.2 Å². The van der Waals surface area contributed by atoms with E-state index >= 15 is 0 Å². The van der Waals surface area contributed by atoms with Crippen molar-refractivity contribution >= 4 is 11.0 Å². The highest BCUT2D eigenvalue weighted by Crippen LogP contribution is 2.18. The Labute approximate surface area is 100 Å². The number of benzene rings is 1. The lowest BCUT2D eigenvalue weighted by Crippen LogP contribution is -2.16. The maximum Gasteiger partial charge on any atom is 0.411 e. The van der Waals surface area contributed by atoms with Crippen LogP contribution in [-0.2, 0) is 11.3 Å². The fourth-order valence-corrected chi connectivity index (χ4v) is 1.51. The first kappa shape index (κ1) is 12.4. The standard InChI is InChI=1S/C11H8F3N3O/c12-11(13,14)6-18-5-9-16-8-3-1-2-7(4-15)10(8)17-9/h1-3H,5-6H2,(H,16,17). The third-order valence-electron chi connectivity index (χ3n) is 2.19. The molecule has 7 heteroatoms. The Bertz CT molecular complexity index is 598. The van der Waals surface area contributed by atoms with E-state index in [2.05, 4.69) is 14.7 Å². The summed E-state index contributed by atoms with van der Waals surface area (Å²) < 4.78 is 40.1. The fourth-order valence-electron chi connectivity index (χ4n) is 1.51. The molecule has 0 amide bonds. The van der Waals surface area contributed by atoms with Crippen LogP contribution in [0.3, 0.4) is 0 Å². The van der Waals surface area contributed by atoms with Crippen molar-refractivity contribution in [1.82, 2.24) is 9.97 Å². The SMILES string of the molecule is N#Cc1cccc2[nH]c(COCC(F)(F)F)nc12. The van der Waals surface area contributed by atoms with Crippen LogP contribution in [0.4, 0.5) is 13.2 Å². The molecule has 0 fully saturated rings. The second-order valence-electron chi connectivity index (χ2n) is 3.61. The molecular weight excluding hydrogens is 247 g/mol. The van der Waals surface area contributed by atoms with Gasteiger partial charge in [0.25, 0.3) is 0 Å². The van der Waals surface area contributed by atoms with Crippen molar-refractivity contribution in [2.24, 2.45) is 0 Å². The molecule has 94 valence electrons. The Kier molecular flexibility index (Phi) is 3.21. The molecule has 4 nitrogen and oxygen atoms in total. The zero-order chi connectivity index (χ0) is 13.2. The number of aromatic nitrogens is 2. The molecule has 0 radical (unpaired) electrons. The summed E-state index contributed by atoms with van der Waals surface area (Å²) in [5, 5.41) is 8.84. The van der Waals surface area contributed by atoms with Gasteiger partial charge in [0, 0.05) is 0 Å². The van der Waals surface area contributed by atoms with Gasteiger partial charge >= 0.3 is 6.18 Å². The second kappa shape index (κ2) is 4.66. The third-order valence-corrected chi connectivity index (χ3v) is 2.19. The van der Waals surface area contributed by atoms with Gasteiger partial charge in [-0.15, -0.1) is 0 Å². The number of nitrogens with zero attached hydrogens (tertiary/aromatic N) is 2. The van der Waals surface area contributed by atoms with E-state index in [1.54, 1.807) is 18.2 Å². The maximum atomic E-state index is 11.9. The van der Waals surface area contributed by atoms with Crippen LogP contribution in [0.1, 0.15) is 11.4 Å². The molecule has 0 aliphatic heterocycles. The number of H-pyrrole nitrogens is 1. The monoisotopic (exact) mass is 255 g/mol. The zero-order valence-electron chi connectivity index (χ0n) is 9.08. The van der Waals surface area contributed by atoms with Gasteiger partial charge in [0.2, 0.25) is 0 Å². The molecule has 0 atom stereocenters. The lowest BCUT2D eigenvalue weighted by molar-refractivity contribution is -0.177. The first-order valence-corrected chi connectivity index (χ1v) is 5.02. The number of nitriles is 1. The normalized spacial score (nSPS) is 11.7. The molecule has 1 N–H and O–H groups in total. The predicted octanol–water partition coefficient (Wildman–Crippen LogP) is 2.51. The van der Waals surface area contributed by atoms with Gasteiger partial charge in [-0.1, -0.05) is 6.07 Å². The average molecular weight is 255 g/mol. The Balaban J connectivity index is 2.14. The first-order chi connectivity index (χ1) is 8.49. The highest BCUT2D eigenvalue weighted by molar-refractivity contribution is 5.81. The summed E-state index contributed by atoms with van der Waals surface area (Å²) in [6.07, 6.45) is -4.36. The minimum Gasteiger partial charge on any atom is -0.364 e. The summed E-state index contributed by atoms with van der Waals surface area (Å²) in [5.41, 5.74) is 1.40. The highest BCUT2D eigenvalue weighted by Gasteiger charge is 2.27. The van der Waals surface area contributed by atoms with Gasteiger partial charge in [0.15, 0.2) is 0 Å². The number of aromatic amines is 1. The molecule has 0 unspecified atom stereocenters. The maximum absolute atomic E-state index is 11.9. The number of imidazole rings is 1. The van der Waals surface area contributed by atoms with E-state index in [-0.39, 0.29) is 12.4 Å². The molecule has 0 spiro atoms. The number of nitrogens with one attached hydrogen (secondary N) is 1. The van der Waals surface area contributed by atoms with Gasteiger partial charge in [-0.25, -0.2) is 4.98 Å². The largest absolute Gasteiger partial charge is 0.411 e. The number of para-hydroxylation sites is 1. The fraction of sp³-hybridized carbons (Fsp3) is 0.273. The van der Waals surface area contributed by atoms with Crippen LogP contribution >= 0.6 is 0 Å². The minimum absolute atomic E-state index is 0.261. The molecule has 0 aliphatic rings. The molecule has 1 aromatic carbocycles. The number of fused-ring (bicyclic) bond motifs is 1. The molecule has 2 aromatic rings. The Morgan fingerprint density at radius 3 is 2.83 bits per heavy atom. The van der Waals surface area contributed by atoms with Crippen molar-refractivity contribution in [3.8, 4) is 6.07 Å². The zero-order valence-corrected chi connectivity index (χ0v) is 9.08. The van der Waals surface area contributed by atoms with Crippen LogP contribution < -0.4 is 0 Å². The summed E-state index contributed by atoms with van der Waals surface area (Å²) in [6, 6.07) is 6.90. The van der Waals surface area contributed by atoms with Crippen molar-refractivity contribution in [2.75, 3.05) is 6.61 Å². The van der Waals surface area contributed by atoms with Crippen LogP contribution in [-0.4, -0.2) is 22.8 Å². The van der Waals surface area contributed by atoms with Crippen LogP contribution in [0.2, 0.25) is 0 Å². The van der Waals surface area contributed by atoms with Crippen molar-refractivity contribution in [1.29, 1.82) is 5.26 Å². The molecule has 0 saturated carbocycles. The van der Waals surface area contributed by atoms with Gasteiger partial charge in [-0.2, -0.15) is 18.4 Å². The average Bonchev–Trinajstić information content (AvgIpc) is 2.69. The van der Waals surface area contributed by atoms with Gasteiger partial charge in [0.05, 0.1) is 11.1 Å². The summed E-state index contributed by atoms with van der Waals surface area (Å²) in [7, 11) is 0. The lowest BCUT2D eigenvalue weighted by Gasteiger charge is -2.05. The van der Waals surface area contributed by atoms with Crippen molar-refractivity contribution < 1.29 is 17.9 Å². The van der Waals surface area contributed by atoms with Crippen LogP contribution in [0.25, 0.3) is 11.0 Å². The van der Waals surface area contributed by atoms with Crippen molar-refractivity contribution in [3.05, 3.63) is 29.6 Å². The molecule has 0 aliphatic carbocycles. The third kappa shape index (κ3) is 2.78. The number of hydrogen-bond acceptors (Lipinski definition) is 3. The molecular formula is C11H8F3N3O. The summed E-state index contributed by atoms with van der Waals surface area (Å²) >= 11 is 0. The number of halogens is 3. The first-order valence-electron chi connectivity index (χ1n) is 5.02. The summed E-state index contributed by atoms with van der Waals surface area (Å²) in [4.78, 5) is 6.83. The van der Waals surface area contributed by atoms with Gasteiger partial charge < -0.3 is 9.72 Å². The number of alkyl halides is 3. The van der Waals surface area contributed by atoms with E-state index in [0.29, 0.717) is 16.6 Å². The van der Waals surface area contributed by atoms with Crippen molar-refractivity contribution in [3.63, 3.8) is 0 Å². The van der Waals surface area contributed by atoms with Gasteiger partial charge in [0.1, 0.15) is 30.6 Å². The number of ether oxygens (including phenoxy) is 1. The van der Waals surface area contributed by atoms with Gasteiger partial charge in [-0.3, -0.25) is 0 Å². The van der Waals surface area contributed by atoms with Gasteiger partial charge in [-0.05, 0) is 12.1 Å². The van der Waals surface area contributed by atoms with Crippen LogP contribution in [0, 0.1) is 11.3 Å². The Morgan fingerprint density at radius 2 is 2.17 bits per heavy atom. The Morgan fingerprint density at radius 1 is 1.39 bits per heavy atom. The van der Waals surface area contributed by atoms with Crippen LogP contribution in [0.5, 0.6) is 0 Å². The predicted molar refractivity (Wildman–Crippen MR) is 56.5 cm³/mol. The molecule has 0 bridgehead atoms. The smallest absolute Gasteiger partial charge is 0.364 e. The van der Waals surface area contributed by atoms with E-state index in [9.17, 15) is 13.2 Å². The molecule has 0 saturated heterocycles. The van der Waals surface area contributed by atoms with Crippen molar-refractivity contribution in [2.45, 2.75) is 12.8 Å². The molecule has 1 aromatic heterocycles. The van der Waals surface area contributed by atoms with E-state index in [1.165, 1.54) is 0 Å². The topological polar surface area (TPSA) is 61.7 Å². The Hall–Kier alpha value is -2.07. The second-order valence-corrected chi connectivity index (χ2v) is 3.61. The molecule has 18 heavy (non-hydrogen) atoms. The summed E-state index contributed by atoms with van der Waals surface area (Å²) in [5.74, 6) is 0.261. The molecule has 2 rings (SSSR count). The van der Waals surface area contributed by atoms with E-state index < -0.39 is 12.8 Å². The summed E-state index contributed by atoms with van der Waals surface area (Å²) in [6.45, 7) is -1.60. The quantitative estimate of drug-likeness (QED) is 0.916. The van der Waals surface area contributed by atoms with E-state index in [1.807, 2.05) is 6.07 Å². The van der Waals surface area contributed by atoms with E-state index in [0.717, 1.165) is 0 Å². The van der Waals surface area contributed by atoms with E-state index in [4.69, 9.17) is 5.26 Å². The minimum atomic E-state index is -4.36. The number of rotatable bonds is 3. The highest BCUT2D eigenvalue weighted by atomic mass is 19.4. The lowest BCUT2D eigenvalue weighted by atomic mass is 10.2. The molecule has 1 heterocycles. The number of hydrogen-bond donors (Lipinski definition) is 1.